The first kappa shape index (κ1) is 13.6. The average molecular weight is 260 g/mol. The summed E-state index contributed by atoms with van der Waals surface area (Å²) < 4.78 is 10.4. The molecule has 0 aromatic heterocycles. The number of carboxylic acid groups (broad SMARTS) is 1. The van der Waals surface area contributed by atoms with Crippen molar-refractivity contribution in [2.24, 2.45) is 5.73 Å². The molecule has 1 rings (SSSR count). The van der Waals surface area contributed by atoms with Gasteiger partial charge in [0.15, 0.2) is 11.5 Å². The number of ether oxygens (including phenoxy) is 2. The Morgan fingerprint density at radius 2 is 2.24 bits per heavy atom. The van der Waals surface area contributed by atoms with E-state index in [4.69, 9.17) is 31.9 Å². The Balaban J connectivity index is 2.99. The zero-order valence-electron chi connectivity index (χ0n) is 9.40. The second kappa shape index (κ2) is 6.32. The van der Waals surface area contributed by atoms with Crippen LogP contribution in [0.25, 0.3) is 0 Å². The van der Waals surface area contributed by atoms with Crippen LogP contribution in [0.4, 0.5) is 0 Å². The lowest BCUT2D eigenvalue weighted by Gasteiger charge is -2.12. The molecule has 0 unspecified atom stereocenters. The number of hydrogen-bond acceptors (Lipinski definition) is 4. The maximum Gasteiger partial charge on any atom is 0.335 e. The summed E-state index contributed by atoms with van der Waals surface area (Å²) in [6.45, 7) is 0.909. The monoisotopic (exact) mass is 259 g/mol. The van der Waals surface area contributed by atoms with E-state index in [2.05, 4.69) is 0 Å². The van der Waals surface area contributed by atoms with Crippen molar-refractivity contribution in [3.05, 3.63) is 22.7 Å². The fourth-order valence-electron chi connectivity index (χ4n) is 1.24. The van der Waals surface area contributed by atoms with E-state index in [0.29, 0.717) is 31.1 Å². The van der Waals surface area contributed by atoms with Crippen LogP contribution in [-0.2, 0) is 0 Å². The van der Waals surface area contributed by atoms with Crippen LogP contribution in [0.1, 0.15) is 16.8 Å². The van der Waals surface area contributed by atoms with Crippen molar-refractivity contribution in [3.8, 4) is 11.5 Å². The molecule has 0 saturated heterocycles. The summed E-state index contributed by atoms with van der Waals surface area (Å²) in [5.41, 5.74) is 5.40. The Morgan fingerprint density at radius 3 is 2.76 bits per heavy atom. The molecule has 0 aliphatic rings. The molecule has 94 valence electrons. The van der Waals surface area contributed by atoms with Crippen LogP contribution in [-0.4, -0.2) is 31.3 Å². The van der Waals surface area contributed by atoms with E-state index in [1.807, 2.05) is 0 Å². The standard InChI is InChI=1S/C11H14ClNO4/c1-16-9-6-7(11(14)15)5-8(12)10(9)17-4-2-3-13/h5-6H,2-4,13H2,1H3,(H,14,15). The molecule has 1 aromatic rings. The van der Waals surface area contributed by atoms with Crippen LogP contribution in [0.3, 0.4) is 0 Å². The summed E-state index contributed by atoms with van der Waals surface area (Å²) in [4.78, 5) is 10.8. The summed E-state index contributed by atoms with van der Waals surface area (Å²) >= 11 is 5.94. The van der Waals surface area contributed by atoms with Crippen molar-refractivity contribution in [2.45, 2.75) is 6.42 Å². The first-order chi connectivity index (χ1) is 8.10. The van der Waals surface area contributed by atoms with Gasteiger partial charge in [0.05, 0.1) is 24.3 Å². The number of methoxy groups -OCH3 is 1. The van der Waals surface area contributed by atoms with Gasteiger partial charge >= 0.3 is 5.97 Å². The van der Waals surface area contributed by atoms with Gasteiger partial charge in [0.25, 0.3) is 0 Å². The Hall–Kier alpha value is -1.46. The molecule has 0 saturated carbocycles. The molecular weight excluding hydrogens is 246 g/mol. The van der Waals surface area contributed by atoms with E-state index in [9.17, 15) is 4.79 Å². The molecule has 6 heteroatoms. The Bertz CT molecular complexity index is 409. The zero-order valence-corrected chi connectivity index (χ0v) is 10.2. The van der Waals surface area contributed by atoms with Crippen LogP contribution >= 0.6 is 11.6 Å². The highest BCUT2D eigenvalue weighted by Crippen LogP contribution is 2.36. The van der Waals surface area contributed by atoms with Gasteiger partial charge in [-0.15, -0.1) is 0 Å². The maximum atomic E-state index is 10.8. The number of aromatic carboxylic acids is 1. The number of carbonyl (C=O) groups is 1. The average Bonchev–Trinajstić information content (AvgIpc) is 2.30. The fourth-order valence-corrected chi connectivity index (χ4v) is 1.51. The quantitative estimate of drug-likeness (QED) is 0.761. The van der Waals surface area contributed by atoms with Gasteiger partial charge in [0.1, 0.15) is 0 Å². The number of hydrogen-bond donors (Lipinski definition) is 2. The molecule has 0 bridgehead atoms. The van der Waals surface area contributed by atoms with Crippen molar-refractivity contribution in [3.63, 3.8) is 0 Å². The van der Waals surface area contributed by atoms with Crippen molar-refractivity contribution in [1.82, 2.24) is 0 Å². The second-order valence-electron chi connectivity index (χ2n) is 3.29. The molecule has 1 aromatic carbocycles. The summed E-state index contributed by atoms with van der Waals surface area (Å²) in [6.07, 6.45) is 0.681. The van der Waals surface area contributed by atoms with Crippen LogP contribution in [0.5, 0.6) is 11.5 Å². The first-order valence-electron chi connectivity index (χ1n) is 5.03. The normalized spacial score (nSPS) is 10.1. The van der Waals surface area contributed by atoms with Gasteiger partial charge in [-0.3, -0.25) is 0 Å². The molecule has 0 spiro atoms. The van der Waals surface area contributed by atoms with E-state index in [1.54, 1.807) is 0 Å². The van der Waals surface area contributed by atoms with Crippen molar-refractivity contribution in [2.75, 3.05) is 20.3 Å². The van der Waals surface area contributed by atoms with Crippen molar-refractivity contribution in [1.29, 1.82) is 0 Å². The van der Waals surface area contributed by atoms with E-state index in [1.165, 1.54) is 19.2 Å². The summed E-state index contributed by atoms with van der Waals surface area (Å²) in [7, 11) is 1.42. The van der Waals surface area contributed by atoms with Gasteiger partial charge in [0, 0.05) is 0 Å². The van der Waals surface area contributed by atoms with Crippen LogP contribution in [0, 0.1) is 0 Å². The molecule has 0 radical (unpaired) electrons. The van der Waals surface area contributed by atoms with Gasteiger partial charge in [-0.25, -0.2) is 4.79 Å². The lowest BCUT2D eigenvalue weighted by Crippen LogP contribution is -2.07. The second-order valence-corrected chi connectivity index (χ2v) is 3.69. The number of rotatable bonds is 6. The predicted octanol–water partition coefficient (Wildman–Crippen LogP) is 1.77. The largest absolute Gasteiger partial charge is 0.493 e. The highest BCUT2D eigenvalue weighted by molar-refractivity contribution is 6.32. The third-order valence-corrected chi connectivity index (χ3v) is 2.35. The molecular formula is C11H14ClNO4. The SMILES string of the molecule is COc1cc(C(=O)O)cc(Cl)c1OCCCN. The minimum Gasteiger partial charge on any atom is -0.493 e. The smallest absolute Gasteiger partial charge is 0.335 e. The number of halogens is 1. The van der Waals surface area contributed by atoms with Crippen molar-refractivity contribution >= 4 is 17.6 Å². The van der Waals surface area contributed by atoms with E-state index < -0.39 is 5.97 Å². The highest BCUT2D eigenvalue weighted by atomic mass is 35.5. The number of carboxylic acids is 1. The summed E-state index contributed by atoms with van der Waals surface area (Å²) in [6, 6.07) is 2.69. The van der Waals surface area contributed by atoms with E-state index in [0.717, 1.165) is 0 Å². The van der Waals surface area contributed by atoms with E-state index in [-0.39, 0.29) is 10.6 Å². The van der Waals surface area contributed by atoms with E-state index >= 15 is 0 Å². The number of nitrogens with two attached hydrogens (primary N) is 1. The molecule has 0 atom stereocenters. The Kier molecular flexibility index (Phi) is 5.06. The third-order valence-electron chi connectivity index (χ3n) is 2.07. The molecule has 0 aliphatic heterocycles. The van der Waals surface area contributed by atoms with Crippen LogP contribution in [0.15, 0.2) is 12.1 Å². The lowest BCUT2D eigenvalue weighted by molar-refractivity contribution is 0.0696. The lowest BCUT2D eigenvalue weighted by atomic mass is 10.2. The van der Waals surface area contributed by atoms with Gasteiger partial charge in [-0.2, -0.15) is 0 Å². The first-order valence-corrected chi connectivity index (χ1v) is 5.41. The number of benzene rings is 1. The molecule has 0 amide bonds. The van der Waals surface area contributed by atoms with Gasteiger partial charge in [0.2, 0.25) is 0 Å². The van der Waals surface area contributed by atoms with Crippen molar-refractivity contribution < 1.29 is 19.4 Å². The highest BCUT2D eigenvalue weighted by Gasteiger charge is 2.15. The summed E-state index contributed by atoms with van der Waals surface area (Å²) in [5.74, 6) is -0.432. The molecule has 0 heterocycles. The minimum atomic E-state index is -1.07. The molecule has 17 heavy (non-hydrogen) atoms. The van der Waals surface area contributed by atoms with Gasteiger partial charge < -0.3 is 20.3 Å². The van der Waals surface area contributed by atoms with Crippen LogP contribution < -0.4 is 15.2 Å². The fraction of sp³-hybridized carbons (Fsp3) is 0.364. The Labute approximate surface area is 104 Å². The van der Waals surface area contributed by atoms with Gasteiger partial charge in [-0.05, 0) is 25.1 Å². The van der Waals surface area contributed by atoms with Crippen LogP contribution in [0.2, 0.25) is 5.02 Å². The minimum absolute atomic E-state index is 0.0537. The third kappa shape index (κ3) is 3.51. The summed E-state index contributed by atoms with van der Waals surface area (Å²) in [5, 5.41) is 9.07. The topological polar surface area (TPSA) is 81.8 Å². The molecule has 0 aliphatic carbocycles. The Morgan fingerprint density at radius 1 is 1.53 bits per heavy atom. The zero-order chi connectivity index (χ0) is 12.8. The predicted molar refractivity (Wildman–Crippen MR) is 64.1 cm³/mol. The van der Waals surface area contributed by atoms with Gasteiger partial charge in [-0.1, -0.05) is 11.6 Å². The maximum absolute atomic E-state index is 10.8. The molecule has 0 fully saturated rings. The molecule has 5 nitrogen and oxygen atoms in total. The molecule has 3 N–H and O–H groups in total.